The lowest BCUT2D eigenvalue weighted by atomic mass is 10.2. The molecule has 0 bridgehead atoms. The Bertz CT molecular complexity index is 660. The molecule has 2 rings (SSSR count). The van der Waals surface area contributed by atoms with Gasteiger partial charge in [0.05, 0.1) is 10.7 Å². The zero-order chi connectivity index (χ0) is 14.5. The predicted octanol–water partition coefficient (Wildman–Crippen LogP) is 3.08. The zero-order valence-corrected chi connectivity index (χ0v) is 13.2. The minimum atomic E-state index is -0.421. The molecule has 1 amide bonds. The molecule has 0 fully saturated rings. The van der Waals surface area contributed by atoms with E-state index in [1.54, 1.807) is 30.3 Å². The van der Waals surface area contributed by atoms with E-state index in [0.29, 0.717) is 10.0 Å². The van der Waals surface area contributed by atoms with Crippen LogP contribution in [-0.2, 0) is 0 Å². The number of rotatable bonds is 3. The Kier molecular flexibility index (Phi) is 4.86. The number of nitrogens with one attached hydrogen (secondary N) is 1. The second-order valence-electron chi connectivity index (χ2n) is 3.74. The minimum absolute atomic E-state index is 0.0454. The van der Waals surface area contributed by atoms with Gasteiger partial charge >= 0.3 is 0 Å². The molecule has 7 heteroatoms. The number of phenols is 1. The number of pyridine rings is 1. The van der Waals surface area contributed by atoms with Gasteiger partial charge in [-0.05, 0) is 40.2 Å². The Morgan fingerprint density at radius 3 is 2.85 bits per heavy atom. The molecule has 0 aliphatic carbocycles. The summed E-state index contributed by atoms with van der Waals surface area (Å²) in [5, 5.41) is 13.6. The van der Waals surface area contributed by atoms with Crippen LogP contribution in [0.3, 0.4) is 0 Å². The summed E-state index contributed by atoms with van der Waals surface area (Å²) in [5.41, 5.74) is 3.07. The van der Waals surface area contributed by atoms with E-state index in [-0.39, 0.29) is 11.4 Å². The number of carbonyl (C=O) groups is 1. The molecule has 0 aliphatic heterocycles. The Labute approximate surface area is 132 Å². The van der Waals surface area contributed by atoms with E-state index >= 15 is 0 Å². The normalized spacial score (nSPS) is 10.7. The highest BCUT2D eigenvalue weighted by molar-refractivity contribution is 9.11. The van der Waals surface area contributed by atoms with E-state index in [0.717, 1.165) is 4.47 Å². The van der Waals surface area contributed by atoms with Crippen molar-refractivity contribution in [1.82, 2.24) is 10.4 Å². The first kappa shape index (κ1) is 14.7. The van der Waals surface area contributed by atoms with E-state index in [1.165, 1.54) is 12.4 Å². The van der Waals surface area contributed by atoms with Crippen molar-refractivity contribution in [1.29, 1.82) is 0 Å². The third-order valence-electron chi connectivity index (χ3n) is 2.32. The van der Waals surface area contributed by atoms with Gasteiger partial charge in [0.2, 0.25) is 0 Å². The first-order chi connectivity index (χ1) is 9.58. The lowest BCUT2D eigenvalue weighted by Gasteiger charge is -2.03. The number of amides is 1. The van der Waals surface area contributed by atoms with E-state index < -0.39 is 5.91 Å². The highest BCUT2D eigenvalue weighted by Gasteiger charge is 2.06. The summed E-state index contributed by atoms with van der Waals surface area (Å²) in [5.74, 6) is -0.376. The van der Waals surface area contributed by atoms with Crippen molar-refractivity contribution in [2.24, 2.45) is 5.10 Å². The molecule has 0 atom stereocenters. The summed E-state index contributed by atoms with van der Waals surface area (Å²) in [4.78, 5) is 15.6. The van der Waals surface area contributed by atoms with Crippen LogP contribution in [0.4, 0.5) is 0 Å². The first-order valence-corrected chi connectivity index (χ1v) is 7.09. The van der Waals surface area contributed by atoms with Crippen LogP contribution in [0.5, 0.6) is 5.75 Å². The standard InChI is InChI=1S/C13H9Br2N3O2/c14-9-5-8(12(19)10(15)6-9)7-17-18-13(20)11-3-1-2-4-16-11/h1-7,19H,(H,18,20)/b17-7+. The Balaban J connectivity index is 2.10. The molecule has 5 nitrogen and oxygen atoms in total. The van der Waals surface area contributed by atoms with Gasteiger partial charge < -0.3 is 5.11 Å². The van der Waals surface area contributed by atoms with Crippen LogP contribution < -0.4 is 5.43 Å². The van der Waals surface area contributed by atoms with Gasteiger partial charge in [-0.1, -0.05) is 22.0 Å². The summed E-state index contributed by atoms with van der Waals surface area (Å²) in [7, 11) is 0. The van der Waals surface area contributed by atoms with E-state index in [9.17, 15) is 9.90 Å². The van der Waals surface area contributed by atoms with Crippen molar-refractivity contribution < 1.29 is 9.90 Å². The van der Waals surface area contributed by atoms with Crippen molar-refractivity contribution in [3.05, 3.63) is 56.7 Å². The summed E-state index contributed by atoms with van der Waals surface area (Å²) in [6.07, 6.45) is 2.88. The molecule has 20 heavy (non-hydrogen) atoms. The number of hydrogen-bond acceptors (Lipinski definition) is 4. The summed E-state index contributed by atoms with van der Waals surface area (Å²) in [6.45, 7) is 0. The van der Waals surface area contributed by atoms with Gasteiger partial charge in [0.25, 0.3) is 5.91 Å². The molecule has 2 aromatic rings. The highest BCUT2D eigenvalue weighted by atomic mass is 79.9. The number of aromatic hydroxyl groups is 1. The maximum atomic E-state index is 11.7. The molecular formula is C13H9Br2N3O2. The third-order valence-corrected chi connectivity index (χ3v) is 3.39. The topological polar surface area (TPSA) is 74.6 Å². The monoisotopic (exact) mass is 397 g/mol. The van der Waals surface area contributed by atoms with Crippen LogP contribution in [-0.4, -0.2) is 22.2 Å². The number of nitrogens with zero attached hydrogens (tertiary/aromatic N) is 2. The summed E-state index contributed by atoms with van der Waals surface area (Å²) in [6, 6.07) is 8.40. The molecule has 0 saturated carbocycles. The average molecular weight is 399 g/mol. The number of benzene rings is 1. The Morgan fingerprint density at radius 1 is 1.35 bits per heavy atom. The van der Waals surface area contributed by atoms with Gasteiger partial charge in [-0.3, -0.25) is 9.78 Å². The van der Waals surface area contributed by atoms with Gasteiger partial charge in [0, 0.05) is 16.2 Å². The maximum absolute atomic E-state index is 11.7. The molecule has 0 aliphatic rings. The molecule has 0 spiro atoms. The average Bonchev–Trinajstić information content (AvgIpc) is 2.44. The smallest absolute Gasteiger partial charge is 0.289 e. The number of phenolic OH excluding ortho intramolecular Hbond substituents is 1. The Hall–Kier alpha value is -1.73. The van der Waals surface area contributed by atoms with Crippen LogP contribution in [0, 0.1) is 0 Å². The van der Waals surface area contributed by atoms with E-state index in [2.05, 4.69) is 47.4 Å². The molecule has 102 valence electrons. The van der Waals surface area contributed by atoms with Crippen molar-refractivity contribution in [3.63, 3.8) is 0 Å². The van der Waals surface area contributed by atoms with E-state index in [1.807, 2.05) is 0 Å². The molecule has 0 radical (unpaired) electrons. The van der Waals surface area contributed by atoms with Crippen LogP contribution in [0.25, 0.3) is 0 Å². The number of halogens is 2. The maximum Gasteiger partial charge on any atom is 0.289 e. The lowest BCUT2D eigenvalue weighted by Crippen LogP contribution is -2.18. The van der Waals surface area contributed by atoms with Crippen molar-refractivity contribution in [2.45, 2.75) is 0 Å². The summed E-state index contributed by atoms with van der Waals surface area (Å²) < 4.78 is 1.31. The van der Waals surface area contributed by atoms with Gasteiger partial charge in [0.15, 0.2) is 0 Å². The van der Waals surface area contributed by atoms with Crippen LogP contribution in [0.15, 0.2) is 50.6 Å². The fourth-order valence-electron chi connectivity index (χ4n) is 1.40. The minimum Gasteiger partial charge on any atom is -0.506 e. The lowest BCUT2D eigenvalue weighted by molar-refractivity contribution is 0.0950. The first-order valence-electron chi connectivity index (χ1n) is 5.50. The number of hydrogen-bond donors (Lipinski definition) is 2. The third kappa shape index (κ3) is 3.64. The Morgan fingerprint density at radius 2 is 2.15 bits per heavy atom. The molecule has 0 saturated heterocycles. The fraction of sp³-hybridized carbons (Fsp3) is 0. The van der Waals surface area contributed by atoms with Crippen LogP contribution in [0.2, 0.25) is 0 Å². The number of hydrazone groups is 1. The van der Waals surface area contributed by atoms with Gasteiger partial charge in [0.1, 0.15) is 11.4 Å². The SMILES string of the molecule is O=C(N/N=C/c1cc(Br)cc(Br)c1O)c1ccccn1. The highest BCUT2D eigenvalue weighted by Crippen LogP contribution is 2.30. The largest absolute Gasteiger partial charge is 0.506 e. The van der Waals surface area contributed by atoms with Crippen molar-refractivity contribution in [3.8, 4) is 5.75 Å². The summed E-state index contributed by atoms with van der Waals surface area (Å²) >= 11 is 6.52. The number of carbonyl (C=O) groups excluding carboxylic acids is 1. The number of aromatic nitrogens is 1. The fourth-order valence-corrected chi connectivity index (χ4v) is 2.66. The van der Waals surface area contributed by atoms with Crippen molar-refractivity contribution in [2.75, 3.05) is 0 Å². The molecular weight excluding hydrogens is 390 g/mol. The van der Waals surface area contributed by atoms with E-state index in [4.69, 9.17) is 0 Å². The van der Waals surface area contributed by atoms with Crippen LogP contribution in [0.1, 0.15) is 16.1 Å². The molecule has 2 N–H and O–H groups in total. The molecule has 1 aromatic carbocycles. The predicted molar refractivity (Wildman–Crippen MR) is 82.8 cm³/mol. The van der Waals surface area contributed by atoms with Crippen LogP contribution >= 0.6 is 31.9 Å². The quantitative estimate of drug-likeness (QED) is 0.616. The zero-order valence-electron chi connectivity index (χ0n) is 10.0. The second kappa shape index (κ2) is 6.62. The molecule has 1 aromatic heterocycles. The molecule has 1 heterocycles. The molecule has 0 unspecified atom stereocenters. The van der Waals surface area contributed by atoms with Gasteiger partial charge in [-0.15, -0.1) is 0 Å². The van der Waals surface area contributed by atoms with Gasteiger partial charge in [-0.2, -0.15) is 5.10 Å². The second-order valence-corrected chi connectivity index (χ2v) is 5.51. The van der Waals surface area contributed by atoms with Crippen molar-refractivity contribution >= 4 is 44.0 Å². The van der Waals surface area contributed by atoms with Gasteiger partial charge in [-0.25, -0.2) is 5.43 Å².